The van der Waals surface area contributed by atoms with Crippen LogP contribution in [0.25, 0.3) is 0 Å². The quantitative estimate of drug-likeness (QED) is 0.606. The smallest absolute Gasteiger partial charge is 0.325 e. The number of carbonyl (C=O) groups is 2. The van der Waals surface area contributed by atoms with E-state index in [1.165, 1.54) is 4.90 Å². The van der Waals surface area contributed by atoms with Crippen LogP contribution in [-0.2, 0) is 4.79 Å². The van der Waals surface area contributed by atoms with Crippen LogP contribution in [0, 0.1) is 11.8 Å². The molecule has 1 saturated carbocycles. The Morgan fingerprint density at radius 2 is 2.11 bits per heavy atom. The molecule has 0 aromatic rings. The maximum atomic E-state index is 12.5. The Bertz CT molecular complexity index is 416. The van der Waals surface area contributed by atoms with Gasteiger partial charge in [0.25, 0.3) is 5.91 Å². The SMILES string of the molecule is CC1CCC2(CC1)NC(=O)N(CC(C)C(N)=S)C2=O. The van der Waals surface area contributed by atoms with Gasteiger partial charge in [0, 0.05) is 12.5 Å². The number of hydrogen-bond acceptors (Lipinski definition) is 3. The molecule has 2 rings (SSSR count). The fourth-order valence-electron chi connectivity index (χ4n) is 2.80. The van der Waals surface area contributed by atoms with Gasteiger partial charge >= 0.3 is 6.03 Å². The maximum absolute atomic E-state index is 12.5. The number of amides is 3. The van der Waals surface area contributed by atoms with Gasteiger partial charge in [0.15, 0.2) is 0 Å². The highest BCUT2D eigenvalue weighted by atomic mass is 32.1. The molecule has 0 aromatic heterocycles. The fraction of sp³-hybridized carbons (Fsp3) is 0.769. The number of thiocarbonyl (C=S) groups is 1. The highest BCUT2D eigenvalue weighted by molar-refractivity contribution is 7.80. The summed E-state index contributed by atoms with van der Waals surface area (Å²) in [4.78, 5) is 26.1. The van der Waals surface area contributed by atoms with Crippen molar-refractivity contribution >= 4 is 29.1 Å². The maximum Gasteiger partial charge on any atom is 0.325 e. The number of rotatable bonds is 3. The lowest BCUT2D eigenvalue weighted by Gasteiger charge is -2.33. The van der Waals surface area contributed by atoms with Gasteiger partial charge in [0.1, 0.15) is 5.54 Å². The summed E-state index contributed by atoms with van der Waals surface area (Å²) < 4.78 is 0. The first kappa shape index (κ1) is 14.2. The Hall–Kier alpha value is -1.17. The Balaban J connectivity index is 2.10. The first-order valence-corrected chi connectivity index (χ1v) is 7.20. The first-order chi connectivity index (χ1) is 8.85. The summed E-state index contributed by atoms with van der Waals surface area (Å²) in [7, 11) is 0. The molecular formula is C13H21N3O2S. The molecule has 19 heavy (non-hydrogen) atoms. The van der Waals surface area contributed by atoms with E-state index in [-0.39, 0.29) is 24.4 Å². The fourth-order valence-corrected chi connectivity index (χ4v) is 2.87. The second-order valence-electron chi connectivity index (χ2n) is 5.91. The number of nitrogens with one attached hydrogen (secondary N) is 1. The molecule has 0 bridgehead atoms. The molecule has 1 saturated heterocycles. The van der Waals surface area contributed by atoms with Crippen molar-refractivity contribution in [3.8, 4) is 0 Å². The van der Waals surface area contributed by atoms with E-state index in [0.29, 0.717) is 10.9 Å². The Labute approximate surface area is 118 Å². The van der Waals surface area contributed by atoms with Crippen molar-refractivity contribution in [3.63, 3.8) is 0 Å². The summed E-state index contributed by atoms with van der Waals surface area (Å²) in [5.41, 5.74) is 4.89. The lowest BCUT2D eigenvalue weighted by atomic mass is 9.77. The highest BCUT2D eigenvalue weighted by Gasteiger charge is 2.52. The molecule has 2 fully saturated rings. The molecule has 1 unspecified atom stereocenters. The minimum Gasteiger partial charge on any atom is -0.393 e. The standard InChI is InChI=1S/C13H21N3O2S/c1-8-3-5-13(6-4-8)11(17)16(12(18)15-13)7-9(2)10(14)19/h8-9H,3-7H2,1-2H3,(H2,14,19)(H,15,18). The van der Waals surface area contributed by atoms with Crippen molar-refractivity contribution < 1.29 is 9.59 Å². The summed E-state index contributed by atoms with van der Waals surface area (Å²) in [6, 6.07) is -0.303. The zero-order chi connectivity index (χ0) is 14.2. The van der Waals surface area contributed by atoms with E-state index >= 15 is 0 Å². The molecule has 1 aliphatic heterocycles. The molecular weight excluding hydrogens is 262 g/mol. The van der Waals surface area contributed by atoms with Gasteiger partial charge in [-0.3, -0.25) is 9.69 Å². The number of urea groups is 1. The molecule has 5 nitrogen and oxygen atoms in total. The largest absolute Gasteiger partial charge is 0.393 e. The van der Waals surface area contributed by atoms with E-state index in [9.17, 15) is 9.59 Å². The Morgan fingerprint density at radius 3 is 2.63 bits per heavy atom. The van der Waals surface area contributed by atoms with Gasteiger partial charge < -0.3 is 11.1 Å². The third-order valence-electron chi connectivity index (χ3n) is 4.32. The molecule has 6 heteroatoms. The number of hydrogen-bond donors (Lipinski definition) is 2. The average Bonchev–Trinajstić information content (AvgIpc) is 2.58. The van der Waals surface area contributed by atoms with E-state index in [4.69, 9.17) is 18.0 Å². The number of imide groups is 1. The van der Waals surface area contributed by atoms with Crippen LogP contribution in [0.3, 0.4) is 0 Å². The molecule has 1 aliphatic carbocycles. The third kappa shape index (κ3) is 2.59. The predicted molar refractivity (Wildman–Crippen MR) is 76.6 cm³/mol. The molecule has 3 N–H and O–H groups in total. The van der Waals surface area contributed by atoms with Gasteiger partial charge in [0.2, 0.25) is 0 Å². The number of nitrogens with zero attached hydrogens (tertiary/aromatic N) is 1. The lowest BCUT2D eigenvalue weighted by molar-refractivity contribution is -0.132. The highest BCUT2D eigenvalue weighted by Crippen LogP contribution is 2.36. The van der Waals surface area contributed by atoms with Crippen LogP contribution >= 0.6 is 12.2 Å². The molecule has 0 radical (unpaired) electrons. The van der Waals surface area contributed by atoms with Crippen LogP contribution in [0.4, 0.5) is 4.79 Å². The molecule has 0 aromatic carbocycles. The van der Waals surface area contributed by atoms with Gasteiger partial charge in [-0.25, -0.2) is 4.79 Å². The number of carbonyl (C=O) groups excluding carboxylic acids is 2. The van der Waals surface area contributed by atoms with Crippen molar-refractivity contribution in [2.24, 2.45) is 17.6 Å². The Kier molecular flexibility index (Phi) is 3.80. The van der Waals surface area contributed by atoms with E-state index in [2.05, 4.69) is 12.2 Å². The zero-order valence-electron chi connectivity index (χ0n) is 11.4. The van der Waals surface area contributed by atoms with E-state index < -0.39 is 5.54 Å². The molecule has 1 spiro atoms. The van der Waals surface area contributed by atoms with Crippen LogP contribution in [-0.4, -0.2) is 33.9 Å². The minimum absolute atomic E-state index is 0.104. The molecule has 1 atom stereocenters. The van der Waals surface area contributed by atoms with Gasteiger partial charge in [-0.2, -0.15) is 0 Å². The number of nitrogens with two attached hydrogens (primary N) is 1. The summed E-state index contributed by atoms with van der Waals surface area (Å²) in [6.45, 7) is 4.29. The van der Waals surface area contributed by atoms with Gasteiger partial charge in [-0.15, -0.1) is 0 Å². The third-order valence-corrected chi connectivity index (χ3v) is 4.72. The summed E-state index contributed by atoms with van der Waals surface area (Å²) in [5, 5.41) is 2.89. The first-order valence-electron chi connectivity index (χ1n) is 6.79. The summed E-state index contributed by atoms with van der Waals surface area (Å²) >= 11 is 4.90. The van der Waals surface area contributed by atoms with E-state index in [0.717, 1.165) is 25.7 Å². The van der Waals surface area contributed by atoms with Crippen LogP contribution in [0.5, 0.6) is 0 Å². The lowest BCUT2D eigenvalue weighted by Crippen LogP contribution is -2.49. The van der Waals surface area contributed by atoms with Crippen molar-refractivity contribution in [3.05, 3.63) is 0 Å². The van der Waals surface area contributed by atoms with Crippen LogP contribution < -0.4 is 11.1 Å². The van der Waals surface area contributed by atoms with Gasteiger partial charge in [-0.05, 0) is 31.6 Å². The molecule has 2 aliphatic rings. The van der Waals surface area contributed by atoms with E-state index in [1.807, 2.05) is 6.92 Å². The van der Waals surface area contributed by atoms with Crippen molar-refractivity contribution in [2.75, 3.05) is 6.54 Å². The second-order valence-corrected chi connectivity index (χ2v) is 6.39. The molecule has 3 amide bonds. The van der Waals surface area contributed by atoms with Crippen molar-refractivity contribution in [1.82, 2.24) is 10.2 Å². The van der Waals surface area contributed by atoms with Crippen LogP contribution in [0.1, 0.15) is 39.5 Å². The van der Waals surface area contributed by atoms with Crippen molar-refractivity contribution in [2.45, 2.75) is 45.1 Å². The minimum atomic E-state index is -0.667. The molecule has 106 valence electrons. The summed E-state index contributed by atoms with van der Waals surface area (Å²) in [5.74, 6) is 0.370. The average molecular weight is 283 g/mol. The Morgan fingerprint density at radius 1 is 1.53 bits per heavy atom. The molecule has 1 heterocycles. The monoisotopic (exact) mass is 283 g/mol. The summed E-state index contributed by atoms with van der Waals surface area (Å²) in [6.07, 6.45) is 3.42. The second kappa shape index (κ2) is 5.07. The van der Waals surface area contributed by atoms with Gasteiger partial charge in [-0.1, -0.05) is 26.1 Å². The predicted octanol–water partition coefficient (Wildman–Crippen LogP) is 1.41. The zero-order valence-corrected chi connectivity index (χ0v) is 12.3. The van der Waals surface area contributed by atoms with E-state index in [1.54, 1.807) is 0 Å². The topological polar surface area (TPSA) is 75.4 Å². The van der Waals surface area contributed by atoms with Crippen molar-refractivity contribution in [1.29, 1.82) is 0 Å². The normalized spacial score (nSPS) is 32.5. The van der Waals surface area contributed by atoms with Gasteiger partial charge in [0.05, 0.1) is 4.99 Å². The van der Waals surface area contributed by atoms with Crippen LogP contribution in [0.15, 0.2) is 0 Å². The van der Waals surface area contributed by atoms with Crippen LogP contribution in [0.2, 0.25) is 0 Å².